The van der Waals surface area contributed by atoms with Gasteiger partial charge in [-0.25, -0.2) is 0 Å². The zero-order valence-electron chi connectivity index (χ0n) is 16.1. The van der Waals surface area contributed by atoms with E-state index in [1.54, 1.807) is 6.08 Å². The third-order valence-electron chi connectivity index (χ3n) is 5.49. The van der Waals surface area contributed by atoms with Crippen molar-refractivity contribution in [3.63, 3.8) is 0 Å². The van der Waals surface area contributed by atoms with Crippen molar-refractivity contribution in [1.82, 2.24) is 0 Å². The topological polar surface area (TPSA) is 107 Å². The summed E-state index contributed by atoms with van der Waals surface area (Å²) in [4.78, 5) is 0. The minimum atomic E-state index is -0.792. The van der Waals surface area contributed by atoms with Crippen LogP contribution in [0.25, 0.3) is 6.08 Å². The minimum Gasteiger partial charge on any atom is -0.394 e. The number of fused-ring (bicyclic) bond motifs is 1. The van der Waals surface area contributed by atoms with Gasteiger partial charge in [-0.05, 0) is 5.56 Å². The van der Waals surface area contributed by atoms with Crippen LogP contribution >= 0.6 is 0 Å². The third kappa shape index (κ3) is 4.87. The van der Waals surface area contributed by atoms with E-state index < -0.39 is 49.4 Å². The van der Waals surface area contributed by atoms with Crippen LogP contribution in [0.2, 0.25) is 0 Å². The van der Waals surface area contributed by atoms with Gasteiger partial charge >= 0.3 is 0 Å². The summed E-state index contributed by atoms with van der Waals surface area (Å²) in [7, 11) is 0. The van der Waals surface area contributed by atoms with Crippen molar-refractivity contribution in [2.45, 2.75) is 68.7 Å². The molecule has 4 unspecified atom stereocenters. The van der Waals surface area contributed by atoms with Gasteiger partial charge in [0.2, 0.25) is 0 Å². The predicted molar refractivity (Wildman–Crippen MR) is 101 cm³/mol. The van der Waals surface area contributed by atoms with E-state index in [1.165, 1.54) is 0 Å². The second-order valence-corrected chi connectivity index (χ2v) is 7.68. The first-order chi connectivity index (χ1) is 14.1. The predicted octanol–water partition coefficient (Wildman–Crippen LogP) is 1.09. The number of aliphatic hydroxyl groups is 3. The largest absolute Gasteiger partial charge is 0.394 e. The lowest BCUT2D eigenvalue weighted by atomic mass is 10.00. The lowest BCUT2D eigenvalue weighted by molar-refractivity contribution is -0.362. The molecule has 1 aromatic rings. The van der Waals surface area contributed by atoms with Crippen LogP contribution in [-0.2, 0) is 23.7 Å². The van der Waals surface area contributed by atoms with Gasteiger partial charge in [0.25, 0.3) is 0 Å². The molecule has 160 valence electrons. The van der Waals surface area contributed by atoms with E-state index in [1.807, 2.05) is 24.3 Å². The zero-order chi connectivity index (χ0) is 20.4. The quantitative estimate of drug-likeness (QED) is 0.665. The van der Waals surface area contributed by atoms with E-state index in [4.69, 9.17) is 23.7 Å². The molecule has 3 N–H and O–H groups in total. The van der Waals surface area contributed by atoms with Gasteiger partial charge in [-0.3, -0.25) is 0 Å². The van der Waals surface area contributed by atoms with Gasteiger partial charge in [0.05, 0.1) is 31.5 Å². The molecule has 29 heavy (non-hydrogen) atoms. The average Bonchev–Trinajstić information content (AvgIpc) is 2.73. The smallest absolute Gasteiger partial charge is 0.184 e. The standard InChI is InChI=1S/C21H28O8/c1-2-12-3-5-13(6-4-12)21-25-11-17-20(29-21)16(24)9-19(27-17)28-18-8-14(23)7-15(10-22)26-18/h2-6,14-24H,1,7-11H2/t14?,15?,16-,17-,18?,19-,20+,21?/m1/s1. The molecule has 0 radical (unpaired) electrons. The van der Waals surface area contributed by atoms with E-state index in [9.17, 15) is 15.3 Å². The zero-order valence-corrected chi connectivity index (χ0v) is 16.1. The van der Waals surface area contributed by atoms with Crippen molar-refractivity contribution in [3.05, 3.63) is 42.0 Å². The summed E-state index contributed by atoms with van der Waals surface area (Å²) >= 11 is 0. The van der Waals surface area contributed by atoms with Gasteiger partial charge in [0.15, 0.2) is 18.9 Å². The number of rotatable bonds is 5. The summed E-state index contributed by atoms with van der Waals surface area (Å²) in [6.45, 7) is 3.80. The van der Waals surface area contributed by atoms with Crippen molar-refractivity contribution in [3.8, 4) is 0 Å². The van der Waals surface area contributed by atoms with E-state index in [2.05, 4.69) is 6.58 Å². The average molecular weight is 408 g/mol. The molecule has 0 amide bonds. The normalized spacial score (nSPS) is 40.2. The number of benzene rings is 1. The monoisotopic (exact) mass is 408 g/mol. The molecular formula is C21H28O8. The number of hydrogen-bond acceptors (Lipinski definition) is 8. The van der Waals surface area contributed by atoms with Gasteiger partial charge in [-0.15, -0.1) is 0 Å². The number of hydrogen-bond donors (Lipinski definition) is 3. The number of ether oxygens (including phenoxy) is 5. The Labute approximate surface area is 169 Å². The minimum absolute atomic E-state index is 0.188. The van der Waals surface area contributed by atoms with Gasteiger partial charge < -0.3 is 39.0 Å². The highest BCUT2D eigenvalue weighted by molar-refractivity contribution is 5.47. The maximum Gasteiger partial charge on any atom is 0.184 e. The molecule has 8 atom stereocenters. The highest BCUT2D eigenvalue weighted by Gasteiger charge is 2.45. The van der Waals surface area contributed by atoms with Crippen LogP contribution in [0.15, 0.2) is 30.8 Å². The molecular weight excluding hydrogens is 380 g/mol. The van der Waals surface area contributed by atoms with Gasteiger partial charge in [-0.1, -0.05) is 36.9 Å². The molecule has 3 aliphatic heterocycles. The Morgan fingerprint density at radius 2 is 1.79 bits per heavy atom. The summed E-state index contributed by atoms with van der Waals surface area (Å²) in [5.74, 6) is 0. The second-order valence-electron chi connectivity index (χ2n) is 7.68. The van der Waals surface area contributed by atoms with Gasteiger partial charge in [-0.2, -0.15) is 0 Å². The SMILES string of the molecule is C=Cc1ccc(C2OC[C@H]3O[C@H](OC4CC(O)CC(CO)O4)C[C@@H](O)[C@@H]3O2)cc1. The third-order valence-corrected chi connectivity index (χ3v) is 5.49. The van der Waals surface area contributed by atoms with E-state index >= 15 is 0 Å². The fraction of sp³-hybridized carbons (Fsp3) is 0.619. The van der Waals surface area contributed by atoms with E-state index in [0.29, 0.717) is 6.42 Å². The van der Waals surface area contributed by atoms with Crippen molar-refractivity contribution in [1.29, 1.82) is 0 Å². The van der Waals surface area contributed by atoms with Crippen LogP contribution in [0.5, 0.6) is 0 Å². The van der Waals surface area contributed by atoms with Crippen LogP contribution in [0.4, 0.5) is 0 Å². The Morgan fingerprint density at radius 3 is 2.52 bits per heavy atom. The van der Waals surface area contributed by atoms with E-state index in [0.717, 1.165) is 11.1 Å². The highest BCUT2D eigenvalue weighted by Crippen LogP contribution is 2.35. The van der Waals surface area contributed by atoms with Gasteiger partial charge in [0, 0.05) is 24.8 Å². The maximum absolute atomic E-state index is 10.6. The van der Waals surface area contributed by atoms with Crippen molar-refractivity contribution < 1.29 is 39.0 Å². The van der Waals surface area contributed by atoms with Crippen molar-refractivity contribution in [2.24, 2.45) is 0 Å². The molecule has 0 saturated carbocycles. The van der Waals surface area contributed by atoms with Crippen LogP contribution < -0.4 is 0 Å². The molecule has 0 aliphatic carbocycles. The van der Waals surface area contributed by atoms with E-state index in [-0.39, 0.29) is 26.1 Å². The summed E-state index contributed by atoms with van der Waals surface area (Å²) in [6.07, 6.45) is -2.24. The molecule has 4 rings (SSSR count). The Morgan fingerprint density at radius 1 is 1.03 bits per heavy atom. The van der Waals surface area contributed by atoms with Crippen LogP contribution in [0.1, 0.15) is 36.7 Å². The van der Waals surface area contributed by atoms with Crippen LogP contribution in [0.3, 0.4) is 0 Å². The Balaban J connectivity index is 1.34. The first-order valence-electron chi connectivity index (χ1n) is 9.98. The fourth-order valence-corrected chi connectivity index (χ4v) is 3.96. The summed E-state index contributed by atoms with van der Waals surface area (Å²) in [6, 6.07) is 7.68. The number of aliphatic hydroxyl groups excluding tert-OH is 3. The van der Waals surface area contributed by atoms with Crippen molar-refractivity contribution in [2.75, 3.05) is 13.2 Å². The molecule has 0 aromatic heterocycles. The maximum atomic E-state index is 10.6. The van der Waals surface area contributed by atoms with Crippen molar-refractivity contribution >= 4 is 6.08 Å². The summed E-state index contributed by atoms with van der Waals surface area (Å²) in [5.41, 5.74) is 1.86. The second kappa shape index (κ2) is 9.20. The molecule has 0 bridgehead atoms. The molecule has 8 nitrogen and oxygen atoms in total. The molecule has 1 aromatic carbocycles. The molecule has 0 spiro atoms. The first-order valence-corrected chi connectivity index (χ1v) is 9.98. The highest BCUT2D eigenvalue weighted by atomic mass is 16.8. The Bertz CT molecular complexity index is 680. The van der Waals surface area contributed by atoms with Crippen LogP contribution in [-0.4, -0.2) is 71.6 Å². The van der Waals surface area contributed by atoms with Crippen LogP contribution in [0, 0.1) is 0 Å². The fourth-order valence-electron chi connectivity index (χ4n) is 3.96. The molecule has 3 fully saturated rings. The molecule has 3 heterocycles. The lowest BCUT2D eigenvalue weighted by Crippen LogP contribution is -2.56. The Hall–Kier alpha value is -1.36. The molecule has 3 aliphatic rings. The van der Waals surface area contributed by atoms with Gasteiger partial charge in [0.1, 0.15) is 12.2 Å². The summed E-state index contributed by atoms with van der Waals surface area (Å²) in [5, 5.41) is 29.8. The summed E-state index contributed by atoms with van der Waals surface area (Å²) < 4.78 is 29.1. The Kier molecular flexibility index (Phi) is 6.63. The molecule has 8 heteroatoms. The first kappa shape index (κ1) is 20.9. The molecule has 3 saturated heterocycles. The lowest BCUT2D eigenvalue weighted by Gasteiger charge is -2.45.